The molecule has 0 atom stereocenters. The second-order valence-electron chi connectivity index (χ2n) is 7.26. The molecule has 0 saturated carbocycles. The summed E-state index contributed by atoms with van der Waals surface area (Å²) in [4.78, 5) is 12.3. The third kappa shape index (κ3) is 6.60. The Morgan fingerprint density at radius 3 is 2.41 bits per heavy atom. The highest BCUT2D eigenvalue weighted by atomic mass is 16.5. The van der Waals surface area contributed by atoms with Gasteiger partial charge in [-0.15, -0.1) is 0 Å². The number of aryl methyl sites for hydroxylation is 1. The average molecular weight is 433 g/mol. The van der Waals surface area contributed by atoms with Crippen LogP contribution in [0.3, 0.4) is 0 Å². The molecule has 0 aromatic heterocycles. The second kappa shape index (κ2) is 11.6. The summed E-state index contributed by atoms with van der Waals surface area (Å²) in [6, 6.07) is 20.6. The minimum atomic E-state index is -0.298. The molecule has 166 valence electrons. The zero-order valence-corrected chi connectivity index (χ0v) is 18.6. The average Bonchev–Trinajstić information content (AvgIpc) is 2.83. The van der Waals surface area contributed by atoms with Crippen molar-refractivity contribution in [1.82, 2.24) is 5.43 Å². The lowest BCUT2D eigenvalue weighted by Gasteiger charge is -2.11. The van der Waals surface area contributed by atoms with E-state index in [4.69, 9.17) is 14.2 Å². The number of amides is 1. The molecule has 0 unspecified atom stereocenters. The molecule has 3 rings (SSSR count). The molecule has 0 heterocycles. The Morgan fingerprint density at radius 1 is 0.969 bits per heavy atom. The Morgan fingerprint density at radius 2 is 1.72 bits per heavy atom. The summed E-state index contributed by atoms with van der Waals surface area (Å²) in [5, 5.41) is 4.04. The monoisotopic (exact) mass is 432 g/mol. The molecule has 0 radical (unpaired) electrons. The van der Waals surface area contributed by atoms with Crippen LogP contribution in [0.5, 0.6) is 17.2 Å². The lowest BCUT2D eigenvalue weighted by molar-refractivity contribution is 0.0955. The number of hydrogen-bond acceptors (Lipinski definition) is 5. The molecule has 0 fully saturated rings. The van der Waals surface area contributed by atoms with E-state index in [-0.39, 0.29) is 5.91 Å². The van der Waals surface area contributed by atoms with Crippen molar-refractivity contribution >= 4 is 12.1 Å². The summed E-state index contributed by atoms with van der Waals surface area (Å²) >= 11 is 0. The molecule has 1 N–H and O–H groups in total. The summed E-state index contributed by atoms with van der Waals surface area (Å²) in [6.07, 6.45) is 2.49. The number of hydrazone groups is 1. The van der Waals surface area contributed by atoms with Gasteiger partial charge in [0.2, 0.25) is 0 Å². The van der Waals surface area contributed by atoms with Crippen molar-refractivity contribution in [3.8, 4) is 17.2 Å². The van der Waals surface area contributed by atoms with Gasteiger partial charge in [0.1, 0.15) is 12.4 Å². The third-order valence-corrected chi connectivity index (χ3v) is 4.67. The van der Waals surface area contributed by atoms with Gasteiger partial charge in [0.25, 0.3) is 5.91 Å². The molecule has 0 spiro atoms. The first-order valence-electron chi connectivity index (χ1n) is 10.5. The fourth-order valence-electron chi connectivity index (χ4n) is 2.88. The number of benzene rings is 3. The highest BCUT2D eigenvalue weighted by molar-refractivity contribution is 5.95. The number of nitrogens with one attached hydrogen (secondary N) is 1. The van der Waals surface area contributed by atoms with Crippen LogP contribution in [0.1, 0.15) is 40.4 Å². The molecule has 6 heteroatoms. The molecule has 0 saturated heterocycles. The number of ether oxygens (including phenoxy) is 3. The SMILES string of the molecule is CCCOc1ccc(C(=O)N/N=C\c2ccc(OCc3ccc(C)cc3)c(OC)c2)cc1. The quantitative estimate of drug-likeness (QED) is 0.356. The van der Waals surface area contributed by atoms with Gasteiger partial charge < -0.3 is 14.2 Å². The molecular formula is C26H28N2O4. The zero-order valence-electron chi connectivity index (χ0n) is 18.6. The number of hydrogen-bond donors (Lipinski definition) is 1. The largest absolute Gasteiger partial charge is 0.494 e. The Hall–Kier alpha value is -3.80. The van der Waals surface area contributed by atoms with Crippen LogP contribution in [0.15, 0.2) is 71.8 Å². The van der Waals surface area contributed by atoms with Gasteiger partial charge in [0.05, 0.1) is 19.9 Å². The molecule has 32 heavy (non-hydrogen) atoms. The van der Waals surface area contributed by atoms with Crippen molar-refractivity contribution in [2.75, 3.05) is 13.7 Å². The standard InChI is InChI=1S/C26H28N2O4/c1-4-15-31-23-12-10-22(11-13-23)26(29)28-27-17-21-9-14-24(25(16-21)30-3)32-18-20-7-5-19(2)6-8-20/h5-14,16-17H,4,15,18H2,1-3H3,(H,28,29)/b27-17-. The van der Waals surface area contributed by atoms with Crippen LogP contribution >= 0.6 is 0 Å². The molecule has 0 aliphatic heterocycles. The van der Waals surface area contributed by atoms with Gasteiger partial charge in [-0.25, -0.2) is 5.43 Å². The van der Waals surface area contributed by atoms with E-state index in [1.165, 1.54) is 5.56 Å². The van der Waals surface area contributed by atoms with Gasteiger partial charge in [-0.05, 0) is 66.9 Å². The summed E-state index contributed by atoms with van der Waals surface area (Å²) in [5.74, 6) is 1.67. The molecule has 6 nitrogen and oxygen atoms in total. The molecular weight excluding hydrogens is 404 g/mol. The van der Waals surface area contributed by atoms with Gasteiger partial charge in [-0.3, -0.25) is 4.79 Å². The topological polar surface area (TPSA) is 69.2 Å². The smallest absolute Gasteiger partial charge is 0.271 e. The zero-order chi connectivity index (χ0) is 22.8. The van der Waals surface area contributed by atoms with E-state index in [0.717, 1.165) is 23.3 Å². The van der Waals surface area contributed by atoms with E-state index in [2.05, 4.69) is 29.6 Å². The van der Waals surface area contributed by atoms with Gasteiger partial charge in [0, 0.05) is 5.56 Å². The van der Waals surface area contributed by atoms with Crippen molar-refractivity contribution in [2.24, 2.45) is 5.10 Å². The molecule has 0 aliphatic rings. The Bertz CT molecular complexity index is 1040. The van der Waals surface area contributed by atoms with Crippen molar-refractivity contribution in [3.05, 3.63) is 89.0 Å². The number of rotatable bonds is 10. The summed E-state index contributed by atoms with van der Waals surface area (Å²) < 4.78 is 16.9. The number of methoxy groups -OCH3 is 1. The first-order valence-corrected chi connectivity index (χ1v) is 10.5. The van der Waals surface area contributed by atoms with Crippen LogP contribution in [0.2, 0.25) is 0 Å². The Kier molecular flexibility index (Phi) is 8.26. The molecule has 0 bridgehead atoms. The summed E-state index contributed by atoms with van der Waals surface area (Å²) in [7, 11) is 1.59. The van der Waals surface area contributed by atoms with Crippen LogP contribution < -0.4 is 19.6 Å². The van der Waals surface area contributed by atoms with Gasteiger partial charge in [-0.1, -0.05) is 36.8 Å². The molecule has 1 amide bonds. The van der Waals surface area contributed by atoms with E-state index in [9.17, 15) is 4.79 Å². The van der Waals surface area contributed by atoms with Crippen LogP contribution in [-0.2, 0) is 6.61 Å². The highest BCUT2D eigenvalue weighted by Gasteiger charge is 2.07. The Balaban J connectivity index is 1.57. The lowest BCUT2D eigenvalue weighted by atomic mass is 10.2. The van der Waals surface area contributed by atoms with Crippen LogP contribution in [0.25, 0.3) is 0 Å². The lowest BCUT2D eigenvalue weighted by Crippen LogP contribution is -2.17. The normalized spacial score (nSPS) is 10.7. The Labute approximate surface area is 188 Å². The fraction of sp³-hybridized carbons (Fsp3) is 0.231. The molecule has 0 aliphatic carbocycles. The minimum Gasteiger partial charge on any atom is -0.494 e. The fourth-order valence-corrected chi connectivity index (χ4v) is 2.88. The van der Waals surface area contributed by atoms with Crippen molar-refractivity contribution in [3.63, 3.8) is 0 Å². The molecule has 3 aromatic rings. The van der Waals surface area contributed by atoms with E-state index in [0.29, 0.717) is 30.3 Å². The van der Waals surface area contributed by atoms with Crippen molar-refractivity contribution in [2.45, 2.75) is 26.9 Å². The van der Waals surface area contributed by atoms with Crippen molar-refractivity contribution in [1.29, 1.82) is 0 Å². The van der Waals surface area contributed by atoms with E-state index < -0.39 is 0 Å². The first kappa shape index (κ1) is 22.9. The van der Waals surface area contributed by atoms with Crippen molar-refractivity contribution < 1.29 is 19.0 Å². The van der Waals surface area contributed by atoms with E-state index >= 15 is 0 Å². The molecule has 3 aromatic carbocycles. The van der Waals surface area contributed by atoms with Gasteiger partial charge >= 0.3 is 0 Å². The number of nitrogens with zero attached hydrogens (tertiary/aromatic N) is 1. The maximum Gasteiger partial charge on any atom is 0.271 e. The first-order chi connectivity index (χ1) is 15.6. The predicted molar refractivity (Wildman–Crippen MR) is 126 cm³/mol. The van der Waals surface area contributed by atoms with Crippen LogP contribution in [0.4, 0.5) is 0 Å². The van der Waals surface area contributed by atoms with E-state index in [1.54, 1.807) is 43.7 Å². The summed E-state index contributed by atoms with van der Waals surface area (Å²) in [5.41, 5.74) is 6.09. The second-order valence-corrected chi connectivity index (χ2v) is 7.26. The maximum absolute atomic E-state index is 12.3. The predicted octanol–water partition coefficient (Wildman–Crippen LogP) is 5.14. The van der Waals surface area contributed by atoms with E-state index in [1.807, 2.05) is 31.2 Å². The van der Waals surface area contributed by atoms with Crippen LogP contribution in [-0.4, -0.2) is 25.8 Å². The maximum atomic E-state index is 12.3. The number of carbonyl (C=O) groups is 1. The number of carbonyl (C=O) groups excluding carboxylic acids is 1. The minimum absolute atomic E-state index is 0.298. The summed E-state index contributed by atoms with van der Waals surface area (Å²) in [6.45, 7) is 5.19. The van der Waals surface area contributed by atoms with Gasteiger partial charge in [0.15, 0.2) is 11.5 Å². The van der Waals surface area contributed by atoms with Crippen LogP contribution in [0, 0.1) is 6.92 Å². The third-order valence-electron chi connectivity index (χ3n) is 4.67. The van der Waals surface area contributed by atoms with Gasteiger partial charge in [-0.2, -0.15) is 5.10 Å². The highest BCUT2D eigenvalue weighted by Crippen LogP contribution is 2.28.